The molecule has 4 saturated carbocycles. The maximum Gasteiger partial charge on any atom is 0.408 e. The molecule has 2 N–H and O–H groups in total. The fraction of sp³-hybridized carbons (Fsp3) is 0.944. The molecule has 4 aliphatic rings. The summed E-state index contributed by atoms with van der Waals surface area (Å²) in [6, 6.07) is 0.483. The first-order valence-corrected chi connectivity index (χ1v) is 8.88. The minimum absolute atomic E-state index is 0.195. The lowest BCUT2D eigenvalue weighted by molar-refractivity contribution is -0.146. The fourth-order valence-electron chi connectivity index (χ4n) is 5.61. The van der Waals surface area contributed by atoms with Crippen molar-refractivity contribution in [3.05, 3.63) is 0 Å². The zero-order chi connectivity index (χ0) is 16.2. The summed E-state index contributed by atoms with van der Waals surface area (Å²) in [7, 11) is 0. The van der Waals surface area contributed by atoms with Crippen LogP contribution in [0, 0.1) is 11.8 Å². The van der Waals surface area contributed by atoms with E-state index in [4.69, 9.17) is 4.74 Å². The Morgan fingerprint density at radius 1 is 1.14 bits per heavy atom. The van der Waals surface area contributed by atoms with Gasteiger partial charge in [0.05, 0.1) is 0 Å². The molecule has 4 heteroatoms. The van der Waals surface area contributed by atoms with Crippen LogP contribution in [0.25, 0.3) is 0 Å². The Hall–Kier alpha value is -0.770. The van der Waals surface area contributed by atoms with Crippen molar-refractivity contribution in [1.29, 1.82) is 0 Å². The Labute approximate surface area is 134 Å². The predicted molar refractivity (Wildman–Crippen MR) is 87.8 cm³/mol. The van der Waals surface area contributed by atoms with E-state index in [-0.39, 0.29) is 22.8 Å². The highest BCUT2D eigenvalue weighted by Gasteiger charge is 2.59. The van der Waals surface area contributed by atoms with Gasteiger partial charge in [-0.25, -0.2) is 4.79 Å². The second-order valence-electron chi connectivity index (χ2n) is 9.49. The van der Waals surface area contributed by atoms with E-state index in [9.17, 15) is 4.79 Å². The molecule has 0 radical (unpaired) electrons. The summed E-state index contributed by atoms with van der Waals surface area (Å²) in [6.07, 6.45) is 6.71. The highest BCUT2D eigenvalue weighted by atomic mass is 16.6. The quantitative estimate of drug-likeness (QED) is 0.837. The maximum absolute atomic E-state index is 12.3. The number of hydrogen-bond acceptors (Lipinski definition) is 3. The maximum atomic E-state index is 12.3. The van der Waals surface area contributed by atoms with Crippen LogP contribution in [0.15, 0.2) is 0 Å². The van der Waals surface area contributed by atoms with Crippen LogP contribution < -0.4 is 10.6 Å². The highest BCUT2D eigenvalue weighted by molar-refractivity contribution is 5.68. The molecule has 0 aromatic carbocycles. The van der Waals surface area contributed by atoms with Crippen molar-refractivity contribution in [3.63, 3.8) is 0 Å². The first kappa shape index (κ1) is 16.1. The van der Waals surface area contributed by atoms with Crippen molar-refractivity contribution in [2.75, 3.05) is 0 Å². The molecule has 1 amide bonds. The first-order valence-electron chi connectivity index (χ1n) is 8.88. The molecule has 0 saturated heterocycles. The summed E-state index contributed by atoms with van der Waals surface area (Å²) in [6.45, 7) is 10.4. The molecule has 22 heavy (non-hydrogen) atoms. The van der Waals surface area contributed by atoms with Gasteiger partial charge in [-0.05, 0) is 64.7 Å². The second-order valence-corrected chi connectivity index (χ2v) is 9.49. The summed E-state index contributed by atoms with van der Waals surface area (Å²) in [5.74, 6) is 1.44. The van der Waals surface area contributed by atoms with Gasteiger partial charge in [0.25, 0.3) is 0 Å². The van der Waals surface area contributed by atoms with E-state index in [1.54, 1.807) is 0 Å². The Morgan fingerprint density at radius 2 is 1.73 bits per heavy atom. The Kier molecular flexibility index (Phi) is 3.75. The average Bonchev–Trinajstić information content (AvgIpc) is 2.19. The third-order valence-corrected chi connectivity index (χ3v) is 5.39. The zero-order valence-corrected chi connectivity index (χ0v) is 14.8. The number of alkyl carbamates (subject to hydrolysis) is 1. The first-order chi connectivity index (χ1) is 10.1. The van der Waals surface area contributed by atoms with Crippen LogP contribution in [0.2, 0.25) is 0 Å². The molecule has 0 heterocycles. The van der Waals surface area contributed by atoms with Crippen molar-refractivity contribution >= 4 is 6.09 Å². The molecule has 4 aliphatic carbocycles. The lowest BCUT2D eigenvalue weighted by atomic mass is 9.51. The fourth-order valence-corrected chi connectivity index (χ4v) is 5.61. The highest BCUT2D eigenvalue weighted by Crippen LogP contribution is 2.59. The van der Waals surface area contributed by atoms with Gasteiger partial charge in [0.15, 0.2) is 0 Å². The average molecular weight is 308 g/mol. The van der Waals surface area contributed by atoms with E-state index >= 15 is 0 Å². The summed E-state index contributed by atoms with van der Waals surface area (Å²) in [5.41, 5.74) is -0.283. The van der Waals surface area contributed by atoms with Crippen LogP contribution >= 0.6 is 0 Å². The van der Waals surface area contributed by atoms with E-state index in [0.29, 0.717) is 6.04 Å². The van der Waals surface area contributed by atoms with Crippen LogP contribution in [0.5, 0.6) is 0 Å². The normalized spacial score (nSPS) is 40.1. The van der Waals surface area contributed by atoms with Crippen LogP contribution in [-0.2, 0) is 4.74 Å². The van der Waals surface area contributed by atoms with Gasteiger partial charge in [-0.1, -0.05) is 13.8 Å². The van der Waals surface area contributed by atoms with Crippen LogP contribution in [-0.4, -0.2) is 28.8 Å². The number of hydrogen-bond donors (Lipinski definition) is 2. The molecule has 0 spiro atoms. The minimum atomic E-state index is -0.243. The summed E-state index contributed by atoms with van der Waals surface area (Å²) < 4.78 is 6.04. The van der Waals surface area contributed by atoms with Gasteiger partial charge in [-0.2, -0.15) is 0 Å². The molecule has 4 nitrogen and oxygen atoms in total. The smallest absolute Gasteiger partial charge is 0.408 e. The molecule has 0 aromatic heterocycles. The Bertz CT molecular complexity index is 433. The van der Waals surface area contributed by atoms with Crippen LogP contribution in [0.3, 0.4) is 0 Å². The third-order valence-electron chi connectivity index (χ3n) is 5.39. The van der Waals surface area contributed by atoms with Crippen molar-refractivity contribution in [3.8, 4) is 0 Å². The van der Waals surface area contributed by atoms with Gasteiger partial charge in [0.1, 0.15) is 5.60 Å². The molecule has 4 bridgehead atoms. The number of ether oxygens (including phenoxy) is 1. The van der Waals surface area contributed by atoms with Crippen molar-refractivity contribution in [2.45, 2.75) is 95.9 Å². The van der Waals surface area contributed by atoms with Crippen LogP contribution in [0.1, 0.15) is 73.1 Å². The van der Waals surface area contributed by atoms with Gasteiger partial charge >= 0.3 is 6.09 Å². The van der Waals surface area contributed by atoms with Gasteiger partial charge in [0.2, 0.25) is 0 Å². The van der Waals surface area contributed by atoms with E-state index < -0.39 is 0 Å². The van der Waals surface area contributed by atoms with Crippen LogP contribution in [0.4, 0.5) is 4.79 Å². The second kappa shape index (κ2) is 5.12. The standard InChI is InChI=1S/C18H32N2O2/c1-12(2)19-17-7-13-6-14(8-17)10-18(9-13,11-17)22-15(21)20-16(3,4)5/h12-14,19H,6-11H2,1-5H3,(H,20,21). The molecular weight excluding hydrogens is 276 g/mol. The molecule has 0 aliphatic heterocycles. The SMILES string of the molecule is CC(C)NC12CC3CC(C1)CC(OC(=O)NC(C)(C)C)(C3)C2. The number of carbonyl (C=O) groups excluding carboxylic acids is 1. The molecule has 4 fully saturated rings. The lowest BCUT2D eigenvalue weighted by Crippen LogP contribution is -2.67. The molecule has 4 rings (SSSR count). The summed E-state index contributed by atoms with van der Waals surface area (Å²) in [4.78, 5) is 12.3. The summed E-state index contributed by atoms with van der Waals surface area (Å²) in [5, 5.41) is 6.79. The largest absolute Gasteiger partial charge is 0.443 e. The van der Waals surface area contributed by atoms with E-state index in [1.165, 1.54) is 19.3 Å². The molecule has 126 valence electrons. The van der Waals surface area contributed by atoms with Crippen molar-refractivity contribution in [2.24, 2.45) is 11.8 Å². The number of carbonyl (C=O) groups is 1. The predicted octanol–water partition coefficient (Wildman–Crippen LogP) is 3.60. The van der Waals surface area contributed by atoms with E-state index in [0.717, 1.165) is 31.1 Å². The zero-order valence-electron chi connectivity index (χ0n) is 14.8. The minimum Gasteiger partial charge on any atom is -0.443 e. The van der Waals surface area contributed by atoms with Gasteiger partial charge in [-0.15, -0.1) is 0 Å². The molecule has 2 unspecified atom stereocenters. The monoisotopic (exact) mass is 308 g/mol. The van der Waals surface area contributed by atoms with E-state index in [2.05, 4.69) is 24.5 Å². The number of rotatable bonds is 3. The molecule has 0 aromatic rings. The number of amides is 1. The Balaban J connectivity index is 1.75. The van der Waals surface area contributed by atoms with Crippen molar-refractivity contribution in [1.82, 2.24) is 10.6 Å². The van der Waals surface area contributed by atoms with Crippen molar-refractivity contribution < 1.29 is 9.53 Å². The van der Waals surface area contributed by atoms with Gasteiger partial charge in [-0.3, -0.25) is 0 Å². The molecular formula is C18H32N2O2. The summed E-state index contributed by atoms with van der Waals surface area (Å²) >= 11 is 0. The molecule has 2 atom stereocenters. The topological polar surface area (TPSA) is 50.4 Å². The number of nitrogens with one attached hydrogen (secondary N) is 2. The Morgan fingerprint density at radius 3 is 2.23 bits per heavy atom. The van der Waals surface area contributed by atoms with Gasteiger partial charge < -0.3 is 15.4 Å². The third kappa shape index (κ3) is 3.27. The van der Waals surface area contributed by atoms with Gasteiger partial charge in [0, 0.05) is 23.5 Å². The lowest BCUT2D eigenvalue weighted by Gasteiger charge is -2.61. The van der Waals surface area contributed by atoms with E-state index in [1.807, 2.05) is 20.8 Å².